The van der Waals surface area contributed by atoms with Gasteiger partial charge in [-0.25, -0.2) is 9.37 Å². The first-order chi connectivity index (χ1) is 16.0. The van der Waals surface area contributed by atoms with Gasteiger partial charge in [-0.05, 0) is 54.1 Å². The fourth-order valence-corrected chi connectivity index (χ4v) is 4.35. The van der Waals surface area contributed by atoms with E-state index in [0.717, 1.165) is 11.3 Å². The average Bonchev–Trinajstić information content (AvgIpc) is 2.83. The molecule has 0 radical (unpaired) electrons. The summed E-state index contributed by atoms with van der Waals surface area (Å²) in [5, 5.41) is 0.820. The third kappa shape index (κ3) is 5.06. The molecule has 4 aromatic rings. The number of thioether (sulfide) groups is 1. The molecule has 3 aromatic carbocycles. The highest BCUT2D eigenvalue weighted by Crippen LogP contribution is 2.22. The number of carbonyl (C=O) groups is 1. The number of benzene rings is 3. The number of aromatic nitrogens is 2. The van der Waals surface area contributed by atoms with Crippen molar-refractivity contribution in [3.05, 3.63) is 94.5 Å². The maximum absolute atomic E-state index is 13.5. The van der Waals surface area contributed by atoms with Gasteiger partial charge in [0.1, 0.15) is 11.6 Å². The number of fused-ring (bicyclic) bond motifs is 1. The van der Waals surface area contributed by atoms with Crippen molar-refractivity contribution in [3.8, 4) is 11.4 Å². The standard InChI is InChI=1S/C25H22FN3O3S/c1-28(15-17-6-5-7-20(14-17)32-2)23(30)16-33-25-27-22-9-4-3-8-21(22)24(31)29(25)19-12-10-18(26)11-13-19/h3-14H,15-16H2,1-2H3. The molecule has 0 aliphatic heterocycles. The minimum atomic E-state index is -0.399. The average molecular weight is 464 g/mol. The van der Waals surface area contributed by atoms with Crippen molar-refractivity contribution >= 4 is 28.6 Å². The number of methoxy groups -OCH3 is 1. The summed E-state index contributed by atoms with van der Waals surface area (Å²) >= 11 is 1.17. The zero-order valence-electron chi connectivity index (χ0n) is 18.2. The number of hydrogen-bond acceptors (Lipinski definition) is 5. The number of hydrogen-bond donors (Lipinski definition) is 0. The predicted octanol–water partition coefficient (Wildman–Crippen LogP) is 4.28. The molecule has 1 amide bonds. The molecule has 8 heteroatoms. The van der Waals surface area contributed by atoms with Gasteiger partial charge < -0.3 is 9.64 Å². The summed E-state index contributed by atoms with van der Waals surface area (Å²) < 4.78 is 20.1. The van der Waals surface area contributed by atoms with Crippen molar-refractivity contribution in [1.82, 2.24) is 14.5 Å². The van der Waals surface area contributed by atoms with E-state index in [4.69, 9.17) is 4.74 Å². The van der Waals surface area contributed by atoms with Gasteiger partial charge in [0.05, 0.1) is 29.5 Å². The van der Waals surface area contributed by atoms with E-state index < -0.39 is 5.82 Å². The number of ether oxygens (including phenoxy) is 1. The molecule has 1 aromatic heterocycles. The Morgan fingerprint density at radius 1 is 1.09 bits per heavy atom. The lowest BCUT2D eigenvalue weighted by molar-refractivity contribution is -0.127. The summed E-state index contributed by atoms with van der Waals surface area (Å²) in [5.41, 5.74) is 1.70. The topological polar surface area (TPSA) is 64.4 Å². The van der Waals surface area contributed by atoms with Crippen LogP contribution in [0.3, 0.4) is 0 Å². The van der Waals surface area contributed by atoms with E-state index in [2.05, 4.69) is 4.98 Å². The normalized spacial score (nSPS) is 10.9. The molecule has 0 N–H and O–H groups in total. The Labute approximate surface area is 194 Å². The van der Waals surface area contributed by atoms with E-state index in [0.29, 0.717) is 28.3 Å². The third-order valence-corrected chi connectivity index (χ3v) is 6.06. The van der Waals surface area contributed by atoms with E-state index in [-0.39, 0.29) is 17.2 Å². The monoisotopic (exact) mass is 463 g/mol. The summed E-state index contributed by atoms with van der Waals surface area (Å²) in [6.45, 7) is 0.423. The van der Waals surface area contributed by atoms with Gasteiger partial charge in [0.15, 0.2) is 5.16 Å². The third-order valence-electron chi connectivity index (χ3n) is 5.13. The molecule has 0 spiro atoms. The lowest BCUT2D eigenvalue weighted by Gasteiger charge is -2.18. The number of nitrogens with zero attached hydrogens (tertiary/aromatic N) is 3. The Kier molecular flexibility index (Phi) is 6.74. The molecule has 6 nitrogen and oxygen atoms in total. The number of para-hydroxylation sites is 1. The summed E-state index contributed by atoms with van der Waals surface area (Å²) in [5.74, 6) is 0.304. The van der Waals surface area contributed by atoms with E-state index >= 15 is 0 Å². The molecule has 0 bridgehead atoms. The molecular weight excluding hydrogens is 441 g/mol. The van der Waals surface area contributed by atoms with E-state index in [1.807, 2.05) is 24.3 Å². The molecule has 0 saturated carbocycles. The molecule has 0 saturated heterocycles. The fraction of sp³-hybridized carbons (Fsp3) is 0.160. The number of rotatable bonds is 7. The Morgan fingerprint density at radius 2 is 1.85 bits per heavy atom. The van der Waals surface area contributed by atoms with Gasteiger partial charge in [-0.1, -0.05) is 36.0 Å². The van der Waals surface area contributed by atoms with Gasteiger partial charge in [0, 0.05) is 13.6 Å². The number of amides is 1. The van der Waals surface area contributed by atoms with Crippen molar-refractivity contribution in [1.29, 1.82) is 0 Å². The van der Waals surface area contributed by atoms with Crippen LogP contribution in [0.1, 0.15) is 5.56 Å². The van der Waals surface area contributed by atoms with Crippen LogP contribution in [0.15, 0.2) is 82.7 Å². The van der Waals surface area contributed by atoms with Crippen molar-refractivity contribution in [2.75, 3.05) is 19.9 Å². The van der Waals surface area contributed by atoms with Crippen LogP contribution < -0.4 is 10.3 Å². The smallest absolute Gasteiger partial charge is 0.266 e. The first-order valence-corrected chi connectivity index (χ1v) is 11.2. The van der Waals surface area contributed by atoms with Crippen LogP contribution >= 0.6 is 11.8 Å². The lowest BCUT2D eigenvalue weighted by Crippen LogP contribution is -2.28. The van der Waals surface area contributed by atoms with Crippen LogP contribution in [0, 0.1) is 5.82 Å². The van der Waals surface area contributed by atoms with Gasteiger partial charge in [-0.15, -0.1) is 0 Å². The zero-order chi connectivity index (χ0) is 23.4. The number of carbonyl (C=O) groups excluding carboxylic acids is 1. The van der Waals surface area contributed by atoms with Gasteiger partial charge in [-0.2, -0.15) is 0 Å². The molecule has 168 valence electrons. The molecule has 0 atom stereocenters. The largest absolute Gasteiger partial charge is 0.497 e. The summed E-state index contributed by atoms with van der Waals surface area (Å²) in [6, 6.07) is 20.2. The zero-order valence-corrected chi connectivity index (χ0v) is 19.0. The Hall–Kier alpha value is -3.65. The first-order valence-electron chi connectivity index (χ1n) is 10.2. The van der Waals surface area contributed by atoms with E-state index in [1.54, 1.807) is 43.3 Å². The Morgan fingerprint density at radius 3 is 2.61 bits per heavy atom. The highest BCUT2D eigenvalue weighted by Gasteiger charge is 2.17. The van der Waals surface area contributed by atoms with Crippen LogP contribution in [0.25, 0.3) is 16.6 Å². The minimum absolute atomic E-state index is 0.0897. The molecule has 4 rings (SSSR count). The van der Waals surface area contributed by atoms with Crippen LogP contribution in [0.4, 0.5) is 4.39 Å². The molecule has 0 unspecified atom stereocenters. The van der Waals surface area contributed by atoms with Crippen molar-refractivity contribution < 1.29 is 13.9 Å². The molecule has 0 aliphatic carbocycles. The van der Waals surface area contributed by atoms with Gasteiger partial charge >= 0.3 is 0 Å². The van der Waals surface area contributed by atoms with Crippen molar-refractivity contribution in [3.63, 3.8) is 0 Å². The highest BCUT2D eigenvalue weighted by atomic mass is 32.2. The molecule has 0 fully saturated rings. The quantitative estimate of drug-likeness (QED) is 0.302. The molecule has 0 aliphatic rings. The Balaban J connectivity index is 1.59. The lowest BCUT2D eigenvalue weighted by atomic mass is 10.2. The second-order valence-electron chi connectivity index (χ2n) is 7.42. The maximum Gasteiger partial charge on any atom is 0.266 e. The van der Waals surface area contributed by atoms with Crippen LogP contribution in [0.2, 0.25) is 0 Å². The van der Waals surface area contributed by atoms with Gasteiger partial charge in [0.2, 0.25) is 5.91 Å². The second kappa shape index (κ2) is 9.87. The van der Waals surface area contributed by atoms with Gasteiger partial charge in [-0.3, -0.25) is 14.2 Å². The predicted molar refractivity (Wildman–Crippen MR) is 127 cm³/mol. The summed E-state index contributed by atoms with van der Waals surface area (Å²) in [7, 11) is 3.32. The fourth-order valence-electron chi connectivity index (χ4n) is 3.40. The van der Waals surface area contributed by atoms with E-state index in [1.165, 1.54) is 40.6 Å². The molecular formula is C25H22FN3O3S. The van der Waals surface area contributed by atoms with Crippen LogP contribution in [0.5, 0.6) is 5.75 Å². The Bertz CT molecular complexity index is 1360. The van der Waals surface area contributed by atoms with E-state index in [9.17, 15) is 14.0 Å². The van der Waals surface area contributed by atoms with Crippen LogP contribution in [-0.2, 0) is 11.3 Å². The minimum Gasteiger partial charge on any atom is -0.497 e. The molecule has 1 heterocycles. The van der Waals surface area contributed by atoms with Crippen molar-refractivity contribution in [2.45, 2.75) is 11.7 Å². The first kappa shape index (κ1) is 22.5. The SMILES string of the molecule is COc1cccc(CN(C)C(=O)CSc2nc3ccccc3c(=O)n2-c2ccc(F)cc2)c1. The molecule has 33 heavy (non-hydrogen) atoms. The summed E-state index contributed by atoms with van der Waals surface area (Å²) in [6.07, 6.45) is 0. The van der Waals surface area contributed by atoms with Crippen LogP contribution in [-0.4, -0.2) is 40.3 Å². The maximum atomic E-state index is 13.5. The van der Waals surface area contributed by atoms with Gasteiger partial charge in [0.25, 0.3) is 5.56 Å². The second-order valence-corrected chi connectivity index (χ2v) is 8.36. The number of halogens is 1. The summed E-state index contributed by atoms with van der Waals surface area (Å²) in [4.78, 5) is 32.3. The highest BCUT2D eigenvalue weighted by molar-refractivity contribution is 7.99. The van der Waals surface area contributed by atoms with Crippen molar-refractivity contribution in [2.24, 2.45) is 0 Å².